The summed E-state index contributed by atoms with van der Waals surface area (Å²) in [5, 5.41) is 9.33. The molecular formula is C11H16O3S. The van der Waals surface area contributed by atoms with Crippen LogP contribution in [-0.4, -0.2) is 25.4 Å². The molecule has 0 fully saturated rings. The molecule has 1 unspecified atom stereocenters. The lowest BCUT2D eigenvalue weighted by Crippen LogP contribution is -2.20. The highest BCUT2D eigenvalue weighted by molar-refractivity contribution is 7.91. The van der Waals surface area contributed by atoms with Gasteiger partial charge in [0.25, 0.3) is 0 Å². The molecular weight excluding hydrogens is 212 g/mol. The monoisotopic (exact) mass is 228 g/mol. The number of hydrogen-bond acceptors (Lipinski definition) is 3. The van der Waals surface area contributed by atoms with Crippen LogP contribution < -0.4 is 0 Å². The Hall–Kier alpha value is -0.870. The second kappa shape index (κ2) is 4.77. The Morgan fingerprint density at radius 1 is 1.27 bits per heavy atom. The zero-order valence-corrected chi connectivity index (χ0v) is 9.79. The summed E-state index contributed by atoms with van der Waals surface area (Å²) in [4.78, 5) is 0.278. The van der Waals surface area contributed by atoms with Crippen molar-refractivity contribution < 1.29 is 13.5 Å². The highest BCUT2D eigenvalue weighted by atomic mass is 32.2. The number of aliphatic hydroxyl groups excluding tert-OH is 1. The average molecular weight is 228 g/mol. The van der Waals surface area contributed by atoms with E-state index in [9.17, 15) is 13.5 Å². The largest absolute Gasteiger partial charge is 0.392 e. The van der Waals surface area contributed by atoms with Crippen LogP contribution in [0.25, 0.3) is 0 Å². The van der Waals surface area contributed by atoms with E-state index >= 15 is 0 Å². The van der Waals surface area contributed by atoms with Gasteiger partial charge in [0.2, 0.25) is 0 Å². The SMILES string of the molecule is CCC(O)CS(=O)(=O)c1ccc(C)cc1. The van der Waals surface area contributed by atoms with Crippen LogP contribution in [0.2, 0.25) is 0 Å². The Kier molecular flexibility index (Phi) is 3.88. The first-order valence-electron chi connectivity index (χ1n) is 4.93. The summed E-state index contributed by atoms with van der Waals surface area (Å²) in [5.41, 5.74) is 1.02. The zero-order chi connectivity index (χ0) is 11.5. The van der Waals surface area contributed by atoms with E-state index in [-0.39, 0.29) is 10.6 Å². The van der Waals surface area contributed by atoms with Gasteiger partial charge in [-0.05, 0) is 25.5 Å². The van der Waals surface area contributed by atoms with Crippen LogP contribution in [-0.2, 0) is 9.84 Å². The quantitative estimate of drug-likeness (QED) is 0.850. The van der Waals surface area contributed by atoms with Gasteiger partial charge in [0.15, 0.2) is 9.84 Å². The second-order valence-corrected chi connectivity index (χ2v) is 5.69. The number of aliphatic hydroxyl groups is 1. The molecule has 4 heteroatoms. The summed E-state index contributed by atoms with van der Waals surface area (Å²) >= 11 is 0. The second-order valence-electron chi connectivity index (χ2n) is 3.66. The zero-order valence-electron chi connectivity index (χ0n) is 8.97. The third kappa shape index (κ3) is 3.32. The van der Waals surface area contributed by atoms with Crippen molar-refractivity contribution in [3.63, 3.8) is 0 Å². The standard InChI is InChI=1S/C11H16O3S/c1-3-10(12)8-15(13,14)11-6-4-9(2)5-7-11/h4-7,10,12H,3,8H2,1-2H3. The van der Waals surface area contributed by atoms with E-state index in [4.69, 9.17) is 0 Å². The summed E-state index contributed by atoms with van der Waals surface area (Å²) in [7, 11) is -3.34. The fraction of sp³-hybridized carbons (Fsp3) is 0.455. The minimum absolute atomic E-state index is 0.202. The van der Waals surface area contributed by atoms with Gasteiger partial charge in [0.1, 0.15) is 0 Å². The molecule has 0 aromatic heterocycles. The van der Waals surface area contributed by atoms with E-state index < -0.39 is 15.9 Å². The normalized spacial score (nSPS) is 13.8. The first-order chi connectivity index (χ1) is 6.95. The lowest BCUT2D eigenvalue weighted by Gasteiger charge is -2.08. The van der Waals surface area contributed by atoms with E-state index in [2.05, 4.69) is 0 Å². The molecule has 15 heavy (non-hydrogen) atoms. The Balaban J connectivity index is 2.91. The Bertz CT molecular complexity index is 406. The predicted octanol–water partition coefficient (Wildman–Crippen LogP) is 1.54. The fourth-order valence-corrected chi connectivity index (χ4v) is 2.70. The van der Waals surface area contributed by atoms with E-state index in [0.717, 1.165) is 5.56 Å². The van der Waals surface area contributed by atoms with Crippen LogP contribution in [0.5, 0.6) is 0 Å². The number of benzene rings is 1. The Morgan fingerprint density at radius 2 is 1.80 bits per heavy atom. The first-order valence-corrected chi connectivity index (χ1v) is 6.58. The number of rotatable bonds is 4. The van der Waals surface area contributed by atoms with Gasteiger partial charge in [-0.2, -0.15) is 0 Å². The van der Waals surface area contributed by atoms with Crippen molar-refractivity contribution in [2.75, 3.05) is 5.75 Å². The van der Waals surface area contributed by atoms with Gasteiger partial charge in [0, 0.05) is 0 Å². The van der Waals surface area contributed by atoms with Gasteiger partial charge in [-0.3, -0.25) is 0 Å². The maximum Gasteiger partial charge on any atom is 0.180 e. The highest BCUT2D eigenvalue weighted by Gasteiger charge is 2.18. The summed E-state index contributed by atoms with van der Waals surface area (Å²) < 4.78 is 23.5. The molecule has 3 nitrogen and oxygen atoms in total. The third-order valence-electron chi connectivity index (χ3n) is 2.26. The molecule has 1 N–H and O–H groups in total. The molecule has 1 rings (SSSR count). The van der Waals surface area contributed by atoms with E-state index in [1.54, 1.807) is 31.2 Å². The summed E-state index contributed by atoms with van der Waals surface area (Å²) in [6.07, 6.45) is -0.332. The van der Waals surface area contributed by atoms with Crippen LogP contribution in [0, 0.1) is 6.92 Å². The summed E-state index contributed by atoms with van der Waals surface area (Å²) in [5.74, 6) is -0.202. The van der Waals surface area contributed by atoms with Crippen LogP contribution in [0.1, 0.15) is 18.9 Å². The van der Waals surface area contributed by atoms with E-state index in [1.165, 1.54) is 0 Å². The third-order valence-corrected chi connectivity index (χ3v) is 4.08. The topological polar surface area (TPSA) is 54.4 Å². The molecule has 0 radical (unpaired) electrons. The summed E-state index contributed by atoms with van der Waals surface area (Å²) in [6, 6.07) is 6.66. The number of aryl methyl sites for hydroxylation is 1. The van der Waals surface area contributed by atoms with Gasteiger partial charge in [0.05, 0.1) is 16.8 Å². The van der Waals surface area contributed by atoms with Crippen molar-refractivity contribution in [3.8, 4) is 0 Å². The minimum atomic E-state index is -3.34. The van der Waals surface area contributed by atoms with Gasteiger partial charge < -0.3 is 5.11 Å². The molecule has 1 aromatic rings. The van der Waals surface area contributed by atoms with Gasteiger partial charge in [-0.1, -0.05) is 24.6 Å². The molecule has 1 aromatic carbocycles. The molecule has 0 saturated heterocycles. The first kappa shape index (κ1) is 12.2. The van der Waals surface area contributed by atoms with Crippen molar-refractivity contribution in [2.45, 2.75) is 31.3 Å². The molecule has 0 amide bonds. The molecule has 0 aliphatic heterocycles. The molecule has 0 spiro atoms. The number of hydrogen-bond donors (Lipinski definition) is 1. The average Bonchev–Trinajstić information content (AvgIpc) is 2.17. The molecule has 0 aliphatic rings. The van der Waals surface area contributed by atoms with Crippen molar-refractivity contribution in [1.29, 1.82) is 0 Å². The Labute approximate surface area is 90.7 Å². The van der Waals surface area contributed by atoms with Gasteiger partial charge in [-0.15, -0.1) is 0 Å². The molecule has 0 heterocycles. The smallest absolute Gasteiger partial charge is 0.180 e. The molecule has 0 bridgehead atoms. The Morgan fingerprint density at radius 3 is 2.27 bits per heavy atom. The number of sulfone groups is 1. The van der Waals surface area contributed by atoms with Crippen molar-refractivity contribution >= 4 is 9.84 Å². The molecule has 0 aliphatic carbocycles. The van der Waals surface area contributed by atoms with Crippen molar-refractivity contribution in [3.05, 3.63) is 29.8 Å². The molecule has 84 valence electrons. The van der Waals surface area contributed by atoms with Gasteiger partial charge in [-0.25, -0.2) is 8.42 Å². The minimum Gasteiger partial charge on any atom is -0.392 e. The van der Waals surface area contributed by atoms with Gasteiger partial charge >= 0.3 is 0 Å². The fourth-order valence-electron chi connectivity index (χ4n) is 1.21. The maximum absolute atomic E-state index is 11.8. The summed E-state index contributed by atoms with van der Waals surface area (Å²) in [6.45, 7) is 3.66. The van der Waals surface area contributed by atoms with E-state index in [0.29, 0.717) is 6.42 Å². The van der Waals surface area contributed by atoms with Crippen molar-refractivity contribution in [1.82, 2.24) is 0 Å². The van der Waals surface area contributed by atoms with Crippen LogP contribution in [0.4, 0.5) is 0 Å². The van der Waals surface area contributed by atoms with Crippen LogP contribution >= 0.6 is 0 Å². The lowest BCUT2D eigenvalue weighted by molar-refractivity contribution is 0.193. The predicted molar refractivity (Wildman–Crippen MR) is 59.5 cm³/mol. The highest BCUT2D eigenvalue weighted by Crippen LogP contribution is 2.13. The van der Waals surface area contributed by atoms with Crippen LogP contribution in [0.3, 0.4) is 0 Å². The lowest BCUT2D eigenvalue weighted by atomic mass is 10.2. The maximum atomic E-state index is 11.8. The van der Waals surface area contributed by atoms with Crippen LogP contribution in [0.15, 0.2) is 29.2 Å². The van der Waals surface area contributed by atoms with Crippen molar-refractivity contribution in [2.24, 2.45) is 0 Å². The molecule has 1 atom stereocenters. The van der Waals surface area contributed by atoms with E-state index in [1.807, 2.05) is 6.92 Å². The molecule has 0 saturated carbocycles.